The van der Waals surface area contributed by atoms with Gasteiger partial charge in [0.15, 0.2) is 17.5 Å². The molecule has 0 amide bonds. The van der Waals surface area contributed by atoms with Gasteiger partial charge in [-0.1, -0.05) is 6.92 Å². The van der Waals surface area contributed by atoms with Crippen molar-refractivity contribution in [2.45, 2.75) is 32.2 Å². The first-order valence-electron chi connectivity index (χ1n) is 6.81. The third-order valence-corrected chi connectivity index (χ3v) is 3.27. The van der Waals surface area contributed by atoms with Gasteiger partial charge in [-0.05, 0) is 49.1 Å². The van der Waals surface area contributed by atoms with E-state index < -0.39 is 17.5 Å². The Morgan fingerprint density at radius 1 is 1.25 bits per heavy atom. The van der Waals surface area contributed by atoms with E-state index in [1.807, 2.05) is 6.92 Å². The molecular formula is C15H18F3NO. The maximum absolute atomic E-state index is 13.4. The van der Waals surface area contributed by atoms with Crippen LogP contribution in [0.2, 0.25) is 0 Å². The van der Waals surface area contributed by atoms with Crippen LogP contribution in [0.25, 0.3) is 0 Å². The van der Waals surface area contributed by atoms with Crippen molar-refractivity contribution in [3.63, 3.8) is 0 Å². The topological polar surface area (TPSA) is 21.3 Å². The highest BCUT2D eigenvalue weighted by Crippen LogP contribution is 2.29. The molecule has 1 aromatic rings. The summed E-state index contributed by atoms with van der Waals surface area (Å²) in [5.41, 5.74) is 1.31. The molecule has 0 spiro atoms. The van der Waals surface area contributed by atoms with Gasteiger partial charge in [0.2, 0.25) is 0 Å². The van der Waals surface area contributed by atoms with E-state index in [2.05, 4.69) is 5.32 Å². The number of hydrogen-bond acceptors (Lipinski definition) is 2. The zero-order chi connectivity index (χ0) is 14.5. The van der Waals surface area contributed by atoms with Gasteiger partial charge in [0.05, 0.1) is 18.9 Å². The van der Waals surface area contributed by atoms with Gasteiger partial charge >= 0.3 is 0 Å². The molecule has 110 valence electrons. The standard InChI is InChI=1S/C15H18F3NO/c1-2-5-19-15(10-4-3-6-20-9-10)11-7-12(16)14(18)13(17)8-11/h7-9,15,19H,2-6H2,1H3. The summed E-state index contributed by atoms with van der Waals surface area (Å²) >= 11 is 0. The third kappa shape index (κ3) is 3.33. The Balaban J connectivity index is 2.32. The van der Waals surface area contributed by atoms with Crippen molar-refractivity contribution in [2.24, 2.45) is 0 Å². The van der Waals surface area contributed by atoms with Crippen molar-refractivity contribution in [2.75, 3.05) is 13.2 Å². The van der Waals surface area contributed by atoms with Gasteiger partial charge < -0.3 is 10.1 Å². The molecule has 1 aliphatic heterocycles. The lowest BCUT2D eigenvalue weighted by atomic mass is 9.95. The highest BCUT2D eigenvalue weighted by Gasteiger charge is 2.21. The molecule has 0 radical (unpaired) electrons. The largest absolute Gasteiger partial charge is 0.501 e. The fraction of sp³-hybridized carbons (Fsp3) is 0.467. The Hall–Kier alpha value is -1.49. The molecule has 0 aromatic heterocycles. The molecule has 2 rings (SSSR count). The lowest BCUT2D eigenvalue weighted by Crippen LogP contribution is -2.25. The number of halogens is 3. The molecule has 0 saturated heterocycles. The normalized spacial score (nSPS) is 16.5. The summed E-state index contributed by atoms with van der Waals surface area (Å²) in [6.07, 6.45) is 4.18. The minimum Gasteiger partial charge on any atom is -0.501 e. The second-order valence-electron chi connectivity index (χ2n) is 4.85. The number of benzene rings is 1. The van der Waals surface area contributed by atoms with E-state index in [0.717, 1.165) is 37.0 Å². The molecule has 1 N–H and O–H groups in total. The van der Waals surface area contributed by atoms with Crippen molar-refractivity contribution < 1.29 is 17.9 Å². The van der Waals surface area contributed by atoms with Crippen molar-refractivity contribution >= 4 is 0 Å². The molecular weight excluding hydrogens is 267 g/mol. The summed E-state index contributed by atoms with van der Waals surface area (Å²) in [4.78, 5) is 0. The summed E-state index contributed by atoms with van der Waals surface area (Å²) in [6.45, 7) is 3.35. The van der Waals surface area contributed by atoms with E-state index in [-0.39, 0.29) is 6.04 Å². The Morgan fingerprint density at radius 2 is 1.95 bits per heavy atom. The zero-order valence-corrected chi connectivity index (χ0v) is 11.4. The van der Waals surface area contributed by atoms with Crippen molar-refractivity contribution in [1.82, 2.24) is 5.32 Å². The van der Waals surface area contributed by atoms with Crippen molar-refractivity contribution in [3.8, 4) is 0 Å². The van der Waals surface area contributed by atoms with Crippen LogP contribution in [0.4, 0.5) is 13.2 Å². The van der Waals surface area contributed by atoms with Crippen LogP contribution in [-0.2, 0) is 4.74 Å². The lowest BCUT2D eigenvalue weighted by Gasteiger charge is -2.25. The molecule has 1 aliphatic rings. The minimum atomic E-state index is -1.43. The molecule has 5 heteroatoms. The maximum Gasteiger partial charge on any atom is 0.194 e. The first kappa shape index (κ1) is 14.9. The monoisotopic (exact) mass is 285 g/mol. The van der Waals surface area contributed by atoms with Crippen LogP contribution in [0.15, 0.2) is 24.0 Å². The number of hydrogen-bond donors (Lipinski definition) is 1. The van der Waals surface area contributed by atoms with Crippen molar-refractivity contribution in [1.29, 1.82) is 0 Å². The predicted octanol–water partition coefficient (Wildman–Crippen LogP) is 3.84. The van der Waals surface area contributed by atoms with E-state index in [1.54, 1.807) is 6.26 Å². The number of rotatable bonds is 5. The number of ether oxygens (including phenoxy) is 1. The Kier molecular flexibility index (Phi) is 5.06. The second kappa shape index (κ2) is 6.79. The van der Waals surface area contributed by atoms with Crippen LogP contribution >= 0.6 is 0 Å². The molecule has 2 nitrogen and oxygen atoms in total. The molecule has 1 atom stereocenters. The SMILES string of the molecule is CCCNC(C1=COCCC1)c1cc(F)c(F)c(F)c1. The highest BCUT2D eigenvalue weighted by atomic mass is 19.2. The maximum atomic E-state index is 13.4. The summed E-state index contributed by atoms with van der Waals surface area (Å²) in [6, 6.07) is 1.74. The van der Waals surface area contributed by atoms with Crippen LogP contribution < -0.4 is 5.32 Å². The Bertz CT molecular complexity index is 479. The highest BCUT2D eigenvalue weighted by molar-refractivity contribution is 5.30. The van der Waals surface area contributed by atoms with E-state index >= 15 is 0 Å². The van der Waals surface area contributed by atoms with Gasteiger partial charge in [0.1, 0.15) is 0 Å². The van der Waals surface area contributed by atoms with Crippen LogP contribution in [0.1, 0.15) is 37.8 Å². The fourth-order valence-corrected chi connectivity index (χ4v) is 2.29. The molecule has 0 aliphatic carbocycles. The van der Waals surface area contributed by atoms with E-state index in [4.69, 9.17) is 4.74 Å². The van der Waals surface area contributed by atoms with Gasteiger partial charge in [-0.25, -0.2) is 13.2 Å². The molecule has 1 aromatic carbocycles. The summed E-state index contributed by atoms with van der Waals surface area (Å²) < 4.78 is 45.1. The van der Waals surface area contributed by atoms with Crippen molar-refractivity contribution in [3.05, 3.63) is 47.0 Å². The van der Waals surface area contributed by atoms with E-state index in [1.165, 1.54) is 0 Å². The average molecular weight is 285 g/mol. The minimum absolute atomic E-state index is 0.347. The summed E-state index contributed by atoms with van der Waals surface area (Å²) in [5, 5.41) is 3.23. The summed E-state index contributed by atoms with van der Waals surface area (Å²) in [7, 11) is 0. The first-order chi connectivity index (χ1) is 9.63. The zero-order valence-electron chi connectivity index (χ0n) is 11.4. The smallest absolute Gasteiger partial charge is 0.194 e. The fourth-order valence-electron chi connectivity index (χ4n) is 2.29. The molecule has 1 unspecified atom stereocenters. The third-order valence-electron chi connectivity index (χ3n) is 3.27. The van der Waals surface area contributed by atoms with Gasteiger partial charge in [0, 0.05) is 0 Å². The van der Waals surface area contributed by atoms with Crippen LogP contribution in [0.3, 0.4) is 0 Å². The van der Waals surface area contributed by atoms with Gasteiger partial charge in [-0.3, -0.25) is 0 Å². The quantitative estimate of drug-likeness (QED) is 0.830. The summed E-state index contributed by atoms with van der Waals surface area (Å²) in [5.74, 6) is -3.77. The molecule has 0 saturated carbocycles. The Labute approximate surface area is 116 Å². The van der Waals surface area contributed by atoms with Crippen LogP contribution in [-0.4, -0.2) is 13.2 Å². The predicted molar refractivity (Wildman–Crippen MR) is 70.6 cm³/mol. The van der Waals surface area contributed by atoms with E-state index in [9.17, 15) is 13.2 Å². The van der Waals surface area contributed by atoms with Gasteiger partial charge in [-0.2, -0.15) is 0 Å². The molecule has 0 bridgehead atoms. The lowest BCUT2D eigenvalue weighted by molar-refractivity contribution is 0.219. The molecule has 20 heavy (non-hydrogen) atoms. The van der Waals surface area contributed by atoms with Crippen LogP contribution in [0, 0.1) is 17.5 Å². The number of nitrogens with one attached hydrogen (secondary N) is 1. The van der Waals surface area contributed by atoms with E-state index in [0.29, 0.717) is 18.7 Å². The Morgan fingerprint density at radius 3 is 2.50 bits per heavy atom. The second-order valence-corrected chi connectivity index (χ2v) is 4.85. The van der Waals surface area contributed by atoms with Gasteiger partial charge in [-0.15, -0.1) is 0 Å². The average Bonchev–Trinajstić information content (AvgIpc) is 2.46. The van der Waals surface area contributed by atoms with Crippen LogP contribution in [0.5, 0.6) is 0 Å². The molecule has 0 fully saturated rings. The first-order valence-corrected chi connectivity index (χ1v) is 6.81. The van der Waals surface area contributed by atoms with Gasteiger partial charge in [0.25, 0.3) is 0 Å². The molecule has 1 heterocycles.